The summed E-state index contributed by atoms with van der Waals surface area (Å²) in [4.78, 5) is 13.7. The molecule has 4 fully saturated rings. The molecule has 0 saturated carbocycles. The highest BCUT2D eigenvalue weighted by molar-refractivity contribution is 7.23. The van der Waals surface area contributed by atoms with Crippen LogP contribution in [0.4, 0.5) is 24.0 Å². The molecule has 3 atom stereocenters. The molecule has 8 rings (SSSR count). The van der Waals surface area contributed by atoms with E-state index in [1.807, 2.05) is 6.07 Å². The van der Waals surface area contributed by atoms with E-state index in [1.54, 1.807) is 6.07 Å². The summed E-state index contributed by atoms with van der Waals surface area (Å²) in [6.07, 6.45) is 4.26. The molecule has 6 heterocycles. The fourth-order valence-electron chi connectivity index (χ4n) is 8.01. The van der Waals surface area contributed by atoms with Crippen molar-refractivity contribution in [2.24, 2.45) is 0 Å². The number of nitrogens with zero attached hydrogens (tertiary/aromatic N) is 5. The molecule has 45 heavy (non-hydrogen) atoms. The summed E-state index contributed by atoms with van der Waals surface area (Å²) in [6, 6.07) is 6.33. The second-order valence-corrected chi connectivity index (χ2v) is 14.3. The van der Waals surface area contributed by atoms with Crippen LogP contribution >= 0.6 is 22.9 Å². The zero-order valence-corrected chi connectivity index (χ0v) is 26.0. The maximum atomic E-state index is 16.9. The molecule has 234 valence electrons. The lowest BCUT2D eigenvalue weighted by molar-refractivity contribution is 0.107. The standard InChI is InChI=1S/C32H31ClF3N7OS/c33-21-11-19-26(25(36)24(21)18-3-4-22(35)27-23(18)20(13-37)28(38)45-27)40-30(44-16-32-6-2-10-43(32)14-17(34)12-32)41-29(19)42-9-1-5-31(15-42)7-8-39-31/h3-4,11,17,39H,1-2,5-10,12,14-16,38H2/t17-,31?,32+/m1/s1. The van der Waals surface area contributed by atoms with Crippen molar-refractivity contribution in [2.75, 3.05) is 50.0 Å². The number of nitriles is 1. The van der Waals surface area contributed by atoms with Crippen LogP contribution < -0.4 is 20.7 Å². The van der Waals surface area contributed by atoms with E-state index >= 15 is 4.39 Å². The number of nitrogen functional groups attached to an aromatic ring is 1. The van der Waals surface area contributed by atoms with Crippen molar-refractivity contribution in [3.63, 3.8) is 0 Å². The van der Waals surface area contributed by atoms with Gasteiger partial charge in [0, 0.05) is 47.9 Å². The molecule has 8 nitrogen and oxygen atoms in total. The fourth-order valence-corrected chi connectivity index (χ4v) is 9.25. The molecule has 4 aromatic rings. The van der Waals surface area contributed by atoms with E-state index < -0.39 is 23.3 Å². The van der Waals surface area contributed by atoms with E-state index in [0.29, 0.717) is 30.7 Å². The van der Waals surface area contributed by atoms with Gasteiger partial charge in [0.25, 0.3) is 0 Å². The third-order valence-electron chi connectivity index (χ3n) is 10.3. The fraction of sp³-hybridized carbons (Fsp3) is 0.469. The van der Waals surface area contributed by atoms with Crippen LogP contribution in [0.3, 0.4) is 0 Å². The summed E-state index contributed by atoms with van der Waals surface area (Å²) in [7, 11) is 0. The zero-order chi connectivity index (χ0) is 31.1. The van der Waals surface area contributed by atoms with Crippen LogP contribution in [0.2, 0.25) is 5.02 Å². The molecule has 1 unspecified atom stereocenters. The van der Waals surface area contributed by atoms with Gasteiger partial charge in [-0.2, -0.15) is 15.2 Å². The monoisotopic (exact) mass is 653 g/mol. The third kappa shape index (κ3) is 4.53. The first-order valence-corrected chi connectivity index (χ1v) is 16.5. The van der Waals surface area contributed by atoms with E-state index in [2.05, 4.69) is 20.1 Å². The van der Waals surface area contributed by atoms with Gasteiger partial charge in [0.15, 0.2) is 5.82 Å². The SMILES string of the molecule is N#Cc1c(N)sc2c(F)ccc(-c3c(Cl)cc4c(N5CCCC6(CCN6)C5)nc(OC[C@@]56CCCN5C[C@H](F)C6)nc4c3F)c12. The molecule has 0 bridgehead atoms. The Labute approximate surface area is 266 Å². The molecule has 2 aromatic heterocycles. The maximum Gasteiger partial charge on any atom is 0.319 e. The summed E-state index contributed by atoms with van der Waals surface area (Å²) in [6.45, 7) is 3.76. The summed E-state index contributed by atoms with van der Waals surface area (Å²) < 4.78 is 52.7. The normalized spacial score (nSPS) is 26.5. The molecule has 4 aliphatic rings. The number of piperidine rings is 1. The number of hydrogen-bond acceptors (Lipinski definition) is 9. The quantitative estimate of drug-likeness (QED) is 0.263. The molecule has 2 aromatic carbocycles. The van der Waals surface area contributed by atoms with E-state index in [4.69, 9.17) is 27.1 Å². The lowest BCUT2D eigenvalue weighted by Crippen LogP contribution is -2.65. The van der Waals surface area contributed by atoms with Gasteiger partial charge in [0.1, 0.15) is 41.0 Å². The average Bonchev–Trinajstić information content (AvgIpc) is 3.65. The van der Waals surface area contributed by atoms with Crippen LogP contribution in [-0.4, -0.2) is 71.4 Å². The van der Waals surface area contributed by atoms with E-state index in [9.17, 15) is 14.0 Å². The van der Waals surface area contributed by atoms with Crippen LogP contribution in [-0.2, 0) is 0 Å². The smallest absolute Gasteiger partial charge is 0.319 e. The van der Waals surface area contributed by atoms with Crippen molar-refractivity contribution in [2.45, 2.75) is 55.8 Å². The number of ether oxygens (including phenoxy) is 1. The van der Waals surface area contributed by atoms with Gasteiger partial charge in [0.05, 0.1) is 20.8 Å². The van der Waals surface area contributed by atoms with Crippen molar-refractivity contribution < 1.29 is 17.9 Å². The lowest BCUT2D eigenvalue weighted by Gasteiger charge is -2.50. The highest BCUT2D eigenvalue weighted by Crippen LogP contribution is 2.46. The van der Waals surface area contributed by atoms with Crippen LogP contribution in [0.5, 0.6) is 6.01 Å². The number of rotatable bonds is 5. The number of aromatic nitrogens is 2. The zero-order valence-electron chi connectivity index (χ0n) is 24.4. The second-order valence-electron chi connectivity index (χ2n) is 12.9. The van der Waals surface area contributed by atoms with Crippen LogP contribution in [0.25, 0.3) is 32.1 Å². The average molecular weight is 654 g/mol. The van der Waals surface area contributed by atoms with Gasteiger partial charge >= 0.3 is 6.01 Å². The Morgan fingerprint density at radius 1 is 1.20 bits per heavy atom. The molecule has 3 N–H and O–H groups in total. The van der Waals surface area contributed by atoms with Gasteiger partial charge in [-0.15, -0.1) is 11.3 Å². The van der Waals surface area contributed by atoms with Gasteiger partial charge < -0.3 is 20.7 Å². The summed E-state index contributed by atoms with van der Waals surface area (Å²) in [5.41, 5.74) is 5.93. The molecular formula is C32H31ClF3N7OS. The first-order valence-electron chi connectivity index (χ1n) is 15.3. The highest BCUT2D eigenvalue weighted by atomic mass is 35.5. The van der Waals surface area contributed by atoms with Crippen LogP contribution in [0.1, 0.15) is 44.1 Å². The van der Waals surface area contributed by atoms with Gasteiger partial charge in [-0.25, -0.2) is 13.2 Å². The Balaban J connectivity index is 1.29. The van der Waals surface area contributed by atoms with Crippen molar-refractivity contribution in [1.29, 1.82) is 5.26 Å². The number of halogens is 4. The molecule has 4 aliphatic heterocycles. The summed E-state index contributed by atoms with van der Waals surface area (Å²) in [5, 5.41) is 14.3. The van der Waals surface area contributed by atoms with Gasteiger partial charge in [-0.3, -0.25) is 4.90 Å². The molecule has 0 amide bonds. The number of anilines is 2. The van der Waals surface area contributed by atoms with Crippen LogP contribution in [0, 0.1) is 23.0 Å². The summed E-state index contributed by atoms with van der Waals surface area (Å²) >= 11 is 7.79. The molecule has 13 heteroatoms. The van der Waals surface area contributed by atoms with Crippen molar-refractivity contribution in [1.82, 2.24) is 20.2 Å². The lowest BCUT2D eigenvalue weighted by atomic mass is 9.80. The summed E-state index contributed by atoms with van der Waals surface area (Å²) in [5.74, 6) is -0.769. The first kappa shape index (κ1) is 29.1. The Morgan fingerprint density at radius 3 is 2.80 bits per heavy atom. The predicted molar refractivity (Wildman–Crippen MR) is 170 cm³/mol. The minimum Gasteiger partial charge on any atom is -0.461 e. The Bertz CT molecular complexity index is 1910. The maximum absolute atomic E-state index is 16.9. The van der Waals surface area contributed by atoms with Crippen molar-refractivity contribution in [3.8, 4) is 23.2 Å². The second kappa shape index (κ2) is 10.6. The number of alkyl halides is 1. The predicted octanol–water partition coefficient (Wildman–Crippen LogP) is 6.18. The number of nitrogens with one attached hydrogen (secondary N) is 1. The Kier molecular flexibility index (Phi) is 6.84. The number of benzene rings is 2. The molecule has 0 radical (unpaired) electrons. The third-order valence-corrected chi connectivity index (χ3v) is 11.6. The van der Waals surface area contributed by atoms with Gasteiger partial charge in [-0.1, -0.05) is 17.7 Å². The topological polar surface area (TPSA) is 103 Å². The Hall–Kier alpha value is -3.37. The van der Waals surface area contributed by atoms with Crippen LogP contribution in [0.15, 0.2) is 18.2 Å². The van der Waals surface area contributed by atoms with Crippen molar-refractivity contribution in [3.05, 3.63) is 40.4 Å². The van der Waals surface area contributed by atoms with E-state index in [-0.39, 0.29) is 60.5 Å². The number of hydrogen-bond donors (Lipinski definition) is 2. The number of fused-ring (bicyclic) bond motifs is 3. The number of thiophene rings is 1. The molecular weight excluding hydrogens is 623 g/mol. The van der Waals surface area contributed by atoms with Gasteiger partial charge in [0.2, 0.25) is 0 Å². The van der Waals surface area contributed by atoms with E-state index in [0.717, 1.165) is 63.1 Å². The Morgan fingerprint density at radius 2 is 2.02 bits per heavy atom. The minimum atomic E-state index is -0.916. The molecule has 1 spiro atoms. The van der Waals surface area contributed by atoms with E-state index in [1.165, 1.54) is 12.1 Å². The molecule has 4 saturated heterocycles. The number of nitrogens with two attached hydrogens (primary N) is 1. The highest BCUT2D eigenvalue weighted by Gasteiger charge is 2.49. The molecule has 0 aliphatic carbocycles. The first-order chi connectivity index (χ1) is 21.7. The van der Waals surface area contributed by atoms with Gasteiger partial charge in [-0.05, 0) is 62.9 Å². The largest absolute Gasteiger partial charge is 0.461 e. The minimum absolute atomic E-state index is 0.00495. The van der Waals surface area contributed by atoms with Crippen molar-refractivity contribution >= 4 is 54.7 Å².